The highest BCUT2D eigenvalue weighted by Crippen LogP contribution is 2.35. The standard InChI is InChI=1S/C16H28N2O4/c1-12-6-5-7-18(9-12)16(8-13(19)20)10-17(11-16)14(21)22-15(2,3)4/h12H,5-11H2,1-4H3,(H,19,20). The van der Waals surface area contributed by atoms with Gasteiger partial charge in [-0.2, -0.15) is 0 Å². The van der Waals surface area contributed by atoms with Crippen LogP contribution in [0.4, 0.5) is 4.79 Å². The van der Waals surface area contributed by atoms with E-state index in [1.165, 1.54) is 6.42 Å². The van der Waals surface area contributed by atoms with E-state index in [4.69, 9.17) is 4.74 Å². The highest BCUT2D eigenvalue weighted by molar-refractivity contribution is 5.73. The summed E-state index contributed by atoms with van der Waals surface area (Å²) in [7, 11) is 0. The largest absolute Gasteiger partial charge is 0.481 e. The maximum absolute atomic E-state index is 12.1. The average molecular weight is 312 g/mol. The predicted octanol–water partition coefficient (Wildman–Crippen LogP) is 2.18. The van der Waals surface area contributed by atoms with Crippen molar-refractivity contribution in [2.45, 2.75) is 58.1 Å². The molecule has 0 aromatic carbocycles. The molecule has 2 saturated heterocycles. The van der Waals surface area contributed by atoms with Gasteiger partial charge < -0.3 is 14.7 Å². The van der Waals surface area contributed by atoms with Gasteiger partial charge >= 0.3 is 12.1 Å². The van der Waals surface area contributed by atoms with Crippen LogP contribution in [0.15, 0.2) is 0 Å². The van der Waals surface area contributed by atoms with Gasteiger partial charge in [-0.05, 0) is 46.1 Å². The van der Waals surface area contributed by atoms with Crippen LogP contribution in [-0.4, -0.2) is 64.3 Å². The van der Waals surface area contributed by atoms with Crippen LogP contribution in [0.1, 0.15) is 47.0 Å². The summed E-state index contributed by atoms with van der Waals surface area (Å²) >= 11 is 0. The molecule has 6 heteroatoms. The Hall–Kier alpha value is -1.30. The molecule has 2 rings (SSSR count). The quantitative estimate of drug-likeness (QED) is 0.865. The normalized spacial score (nSPS) is 25.5. The summed E-state index contributed by atoms with van der Waals surface area (Å²) < 4.78 is 5.37. The molecular weight excluding hydrogens is 284 g/mol. The van der Waals surface area contributed by atoms with Crippen LogP contribution < -0.4 is 0 Å². The molecule has 0 spiro atoms. The van der Waals surface area contributed by atoms with Gasteiger partial charge in [-0.3, -0.25) is 9.69 Å². The topological polar surface area (TPSA) is 70.1 Å². The van der Waals surface area contributed by atoms with Gasteiger partial charge in [-0.15, -0.1) is 0 Å². The van der Waals surface area contributed by atoms with Crippen molar-refractivity contribution < 1.29 is 19.4 Å². The van der Waals surface area contributed by atoms with E-state index in [-0.39, 0.29) is 12.5 Å². The number of hydrogen-bond donors (Lipinski definition) is 1. The molecule has 2 aliphatic rings. The van der Waals surface area contributed by atoms with Gasteiger partial charge in [0.1, 0.15) is 5.60 Å². The van der Waals surface area contributed by atoms with E-state index in [2.05, 4.69) is 11.8 Å². The Morgan fingerprint density at radius 3 is 2.45 bits per heavy atom. The fourth-order valence-electron chi connectivity index (χ4n) is 3.45. The average Bonchev–Trinajstić information content (AvgIpc) is 2.30. The van der Waals surface area contributed by atoms with Gasteiger partial charge in [0.05, 0.1) is 12.0 Å². The van der Waals surface area contributed by atoms with Gasteiger partial charge in [0.2, 0.25) is 0 Å². The summed E-state index contributed by atoms with van der Waals surface area (Å²) in [6, 6.07) is 0. The zero-order chi connectivity index (χ0) is 16.5. The molecule has 0 bridgehead atoms. The molecule has 1 atom stereocenters. The summed E-state index contributed by atoms with van der Waals surface area (Å²) in [4.78, 5) is 27.3. The van der Waals surface area contributed by atoms with Crippen molar-refractivity contribution in [3.8, 4) is 0 Å². The van der Waals surface area contributed by atoms with Crippen LogP contribution in [0, 0.1) is 5.92 Å². The molecular formula is C16H28N2O4. The first kappa shape index (κ1) is 17.1. The molecule has 0 radical (unpaired) electrons. The highest BCUT2D eigenvalue weighted by atomic mass is 16.6. The number of ether oxygens (including phenoxy) is 1. The van der Waals surface area contributed by atoms with Gasteiger partial charge in [-0.1, -0.05) is 6.92 Å². The van der Waals surface area contributed by atoms with E-state index in [1.807, 2.05) is 20.8 Å². The number of hydrogen-bond acceptors (Lipinski definition) is 4. The van der Waals surface area contributed by atoms with E-state index in [9.17, 15) is 14.7 Å². The molecule has 1 unspecified atom stereocenters. The number of likely N-dealkylation sites (tertiary alicyclic amines) is 2. The minimum atomic E-state index is -0.804. The number of carbonyl (C=O) groups is 2. The number of carboxylic acid groups (broad SMARTS) is 1. The Morgan fingerprint density at radius 1 is 1.32 bits per heavy atom. The van der Waals surface area contributed by atoms with Crippen molar-refractivity contribution >= 4 is 12.1 Å². The first-order valence-corrected chi connectivity index (χ1v) is 8.06. The third kappa shape index (κ3) is 3.91. The Labute approximate surface area is 132 Å². The Balaban J connectivity index is 2.02. The van der Waals surface area contributed by atoms with Crippen LogP contribution in [0.3, 0.4) is 0 Å². The maximum atomic E-state index is 12.1. The summed E-state index contributed by atoms with van der Waals surface area (Å²) in [5.41, 5.74) is -0.945. The third-order valence-electron chi connectivity index (χ3n) is 4.43. The molecule has 0 aromatic heterocycles. The second kappa shape index (κ2) is 6.07. The van der Waals surface area contributed by atoms with Crippen LogP contribution in [-0.2, 0) is 9.53 Å². The van der Waals surface area contributed by atoms with Crippen LogP contribution >= 0.6 is 0 Å². The molecule has 1 N–H and O–H groups in total. The smallest absolute Gasteiger partial charge is 0.410 e. The summed E-state index contributed by atoms with van der Waals surface area (Å²) in [6.45, 7) is 10.4. The zero-order valence-electron chi connectivity index (χ0n) is 14.1. The van der Waals surface area contributed by atoms with E-state index in [0.29, 0.717) is 19.0 Å². The molecule has 2 fully saturated rings. The van der Waals surface area contributed by atoms with Crippen molar-refractivity contribution in [3.63, 3.8) is 0 Å². The number of aliphatic carboxylic acids is 1. The minimum Gasteiger partial charge on any atom is -0.481 e. The van der Waals surface area contributed by atoms with E-state index in [1.54, 1.807) is 4.90 Å². The lowest BCUT2D eigenvalue weighted by Gasteiger charge is -2.56. The number of amides is 1. The van der Waals surface area contributed by atoms with Gasteiger partial charge in [-0.25, -0.2) is 4.79 Å². The highest BCUT2D eigenvalue weighted by Gasteiger charge is 2.52. The van der Waals surface area contributed by atoms with Gasteiger partial charge in [0.15, 0.2) is 0 Å². The number of carbonyl (C=O) groups excluding carboxylic acids is 1. The molecule has 2 heterocycles. The van der Waals surface area contributed by atoms with Crippen LogP contribution in [0.2, 0.25) is 0 Å². The summed E-state index contributed by atoms with van der Waals surface area (Å²) in [6.07, 6.45) is 2.02. The van der Waals surface area contributed by atoms with Gasteiger partial charge in [0, 0.05) is 19.6 Å². The van der Waals surface area contributed by atoms with E-state index in [0.717, 1.165) is 19.5 Å². The Kier molecular flexibility index (Phi) is 4.70. The lowest BCUT2D eigenvalue weighted by molar-refractivity contribution is -0.147. The number of rotatable bonds is 3. The van der Waals surface area contributed by atoms with Gasteiger partial charge in [0.25, 0.3) is 0 Å². The maximum Gasteiger partial charge on any atom is 0.410 e. The molecule has 126 valence electrons. The molecule has 0 aromatic rings. The molecule has 0 aliphatic carbocycles. The van der Waals surface area contributed by atoms with Crippen molar-refractivity contribution in [3.05, 3.63) is 0 Å². The fourth-order valence-corrected chi connectivity index (χ4v) is 3.45. The van der Waals surface area contributed by atoms with Crippen LogP contribution in [0.5, 0.6) is 0 Å². The molecule has 2 aliphatic heterocycles. The van der Waals surface area contributed by atoms with Crippen molar-refractivity contribution in [2.75, 3.05) is 26.2 Å². The third-order valence-corrected chi connectivity index (χ3v) is 4.43. The van der Waals surface area contributed by atoms with Crippen LogP contribution in [0.25, 0.3) is 0 Å². The number of carboxylic acids is 1. The lowest BCUT2D eigenvalue weighted by atomic mass is 9.82. The van der Waals surface area contributed by atoms with E-state index >= 15 is 0 Å². The molecule has 22 heavy (non-hydrogen) atoms. The second-order valence-electron chi connectivity index (χ2n) is 7.82. The minimum absolute atomic E-state index is 0.0824. The monoisotopic (exact) mass is 312 g/mol. The first-order chi connectivity index (χ1) is 10.1. The SMILES string of the molecule is CC1CCCN(C2(CC(=O)O)CN(C(=O)OC(C)(C)C)C2)C1. The summed E-state index contributed by atoms with van der Waals surface area (Å²) in [5, 5.41) is 9.26. The number of nitrogens with zero attached hydrogens (tertiary/aromatic N) is 2. The number of piperidine rings is 1. The Morgan fingerprint density at radius 2 is 1.95 bits per heavy atom. The van der Waals surface area contributed by atoms with E-state index < -0.39 is 17.1 Å². The molecule has 0 saturated carbocycles. The lowest BCUT2D eigenvalue weighted by Crippen LogP contribution is -2.73. The fraction of sp³-hybridized carbons (Fsp3) is 0.875. The second-order valence-corrected chi connectivity index (χ2v) is 7.82. The van der Waals surface area contributed by atoms with Crippen molar-refractivity contribution in [1.82, 2.24) is 9.80 Å². The Bertz CT molecular complexity index is 438. The zero-order valence-corrected chi connectivity index (χ0v) is 14.1. The van der Waals surface area contributed by atoms with Crippen molar-refractivity contribution in [2.24, 2.45) is 5.92 Å². The van der Waals surface area contributed by atoms with Crippen molar-refractivity contribution in [1.29, 1.82) is 0 Å². The molecule has 6 nitrogen and oxygen atoms in total. The first-order valence-electron chi connectivity index (χ1n) is 8.06. The summed E-state index contributed by atoms with van der Waals surface area (Å²) in [5.74, 6) is -0.225. The molecule has 1 amide bonds. The predicted molar refractivity (Wildman–Crippen MR) is 82.8 cm³/mol.